The fourth-order valence-electron chi connectivity index (χ4n) is 2.10. The van der Waals surface area contributed by atoms with Crippen molar-refractivity contribution in [3.63, 3.8) is 0 Å². The van der Waals surface area contributed by atoms with Crippen LogP contribution in [0.25, 0.3) is 0 Å². The molecule has 25 heavy (non-hydrogen) atoms. The lowest BCUT2D eigenvalue weighted by atomic mass is 10.1. The molecule has 0 amide bonds. The number of hydrogen-bond donors (Lipinski definition) is 2. The summed E-state index contributed by atoms with van der Waals surface area (Å²) in [5.74, 6) is 0. The molecule has 0 aliphatic carbocycles. The Morgan fingerprint density at radius 3 is 2.00 bits per heavy atom. The van der Waals surface area contributed by atoms with Crippen LogP contribution in [0.1, 0.15) is 18.1 Å². The minimum absolute atomic E-state index is 0.256. The van der Waals surface area contributed by atoms with E-state index in [1.807, 2.05) is 26.0 Å². The van der Waals surface area contributed by atoms with Crippen molar-refractivity contribution in [2.75, 3.05) is 0 Å². The van der Waals surface area contributed by atoms with Crippen molar-refractivity contribution < 1.29 is 25.9 Å². The normalized spacial score (nSPS) is 12.6. The monoisotopic (exact) mass is 384 g/mol. The van der Waals surface area contributed by atoms with E-state index in [0.29, 0.717) is 11.8 Å². The number of aryl methyl sites for hydroxylation is 2. The van der Waals surface area contributed by atoms with Crippen molar-refractivity contribution in [2.24, 2.45) is 10.2 Å². The zero-order chi connectivity index (χ0) is 18.8. The van der Waals surface area contributed by atoms with Crippen LogP contribution in [-0.4, -0.2) is 25.9 Å². The number of hydrogen-bond acceptors (Lipinski definition) is 6. The summed E-state index contributed by atoms with van der Waals surface area (Å²) >= 11 is 0. The van der Waals surface area contributed by atoms with Gasteiger partial charge in [-0.1, -0.05) is 19.1 Å². The first-order valence-corrected chi connectivity index (χ1v) is 10.0. The summed E-state index contributed by atoms with van der Waals surface area (Å²) in [4.78, 5) is -1.45. The van der Waals surface area contributed by atoms with Gasteiger partial charge in [-0.15, -0.1) is 5.11 Å². The molecular formula is C15H16N2O6S2. The summed E-state index contributed by atoms with van der Waals surface area (Å²) < 4.78 is 63.5. The molecule has 134 valence electrons. The van der Waals surface area contributed by atoms with E-state index in [1.54, 1.807) is 6.07 Å². The third-order valence-electron chi connectivity index (χ3n) is 3.44. The van der Waals surface area contributed by atoms with Gasteiger partial charge < -0.3 is 0 Å². The molecule has 0 aromatic heterocycles. The highest BCUT2D eigenvalue weighted by Crippen LogP contribution is 2.30. The molecular weight excluding hydrogens is 368 g/mol. The summed E-state index contributed by atoms with van der Waals surface area (Å²) in [6.07, 6.45) is 0.849. The predicted molar refractivity (Wildman–Crippen MR) is 90.8 cm³/mol. The minimum atomic E-state index is -4.77. The Labute approximate surface area is 145 Å². The van der Waals surface area contributed by atoms with Gasteiger partial charge >= 0.3 is 0 Å². The number of azo groups is 1. The lowest BCUT2D eigenvalue weighted by molar-refractivity contribution is 0.481. The number of rotatable bonds is 5. The quantitative estimate of drug-likeness (QED) is 0.599. The van der Waals surface area contributed by atoms with Crippen molar-refractivity contribution in [1.82, 2.24) is 0 Å². The van der Waals surface area contributed by atoms with E-state index in [-0.39, 0.29) is 5.69 Å². The standard InChI is InChI=1S/C15H16N2O6S2/c1-3-11-4-6-13(10(2)8-11)16-17-14-7-5-12(24(18,19)20)9-15(14)25(21,22)23/h4-9H,3H2,1-2H3,(H,18,19,20)(H,21,22,23). The van der Waals surface area contributed by atoms with Gasteiger partial charge in [0.05, 0.1) is 10.6 Å². The highest BCUT2D eigenvalue weighted by molar-refractivity contribution is 7.86. The Morgan fingerprint density at radius 2 is 1.48 bits per heavy atom. The van der Waals surface area contributed by atoms with Crippen LogP contribution in [0.2, 0.25) is 0 Å². The summed E-state index contributed by atoms with van der Waals surface area (Å²) in [6.45, 7) is 3.82. The lowest BCUT2D eigenvalue weighted by Gasteiger charge is -2.05. The van der Waals surface area contributed by atoms with Crippen LogP contribution in [0, 0.1) is 6.92 Å². The van der Waals surface area contributed by atoms with E-state index < -0.39 is 30.0 Å². The van der Waals surface area contributed by atoms with Gasteiger partial charge in [-0.25, -0.2) is 0 Å². The van der Waals surface area contributed by atoms with Gasteiger partial charge in [0.1, 0.15) is 10.6 Å². The van der Waals surface area contributed by atoms with E-state index in [1.165, 1.54) is 0 Å². The molecule has 2 N–H and O–H groups in total. The Hall–Kier alpha value is -2.14. The van der Waals surface area contributed by atoms with E-state index in [0.717, 1.165) is 29.7 Å². The van der Waals surface area contributed by atoms with Crippen LogP contribution in [0.15, 0.2) is 56.4 Å². The maximum absolute atomic E-state index is 11.5. The molecule has 0 heterocycles. The molecule has 0 saturated carbocycles. The molecule has 0 aliphatic rings. The molecule has 10 heteroatoms. The zero-order valence-electron chi connectivity index (χ0n) is 13.4. The minimum Gasteiger partial charge on any atom is -0.282 e. The Balaban J connectivity index is 2.53. The first-order valence-electron chi connectivity index (χ1n) is 7.12. The molecule has 8 nitrogen and oxygen atoms in total. The van der Waals surface area contributed by atoms with Gasteiger partial charge in [0.15, 0.2) is 0 Å². The second kappa shape index (κ2) is 7.00. The molecule has 2 rings (SSSR count). The summed E-state index contributed by atoms with van der Waals surface area (Å²) in [5, 5.41) is 7.75. The zero-order valence-corrected chi connectivity index (χ0v) is 15.0. The van der Waals surface area contributed by atoms with Gasteiger partial charge in [0, 0.05) is 0 Å². The SMILES string of the molecule is CCc1ccc(N=Nc2ccc(S(=O)(=O)O)cc2S(=O)(=O)O)c(C)c1. The maximum atomic E-state index is 11.5. The van der Waals surface area contributed by atoms with Crippen molar-refractivity contribution in [2.45, 2.75) is 30.1 Å². The highest BCUT2D eigenvalue weighted by atomic mass is 32.2. The topological polar surface area (TPSA) is 133 Å². The summed E-state index contributed by atoms with van der Waals surface area (Å²) in [7, 11) is -9.40. The van der Waals surface area contributed by atoms with E-state index in [4.69, 9.17) is 4.55 Å². The molecule has 2 aromatic carbocycles. The summed E-state index contributed by atoms with van der Waals surface area (Å²) in [6, 6.07) is 8.10. The lowest BCUT2D eigenvalue weighted by Crippen LogP contribution is -2.03. The van der Waals surface area contributed by atoms with Crippen molar-refractivity contribution in [3.8, 4) is 0 Å². The highest BCUT2D eigenvalue weighted by Gasteiger charge is 2.20. The fourth-order valence-corrected chi connectivity index (χ4v) is 3.33. The van der Waals surface area contributed by atoms with E-state index >= 15 is 0 Å². The Kier molecular flexibility index (Phi) is 5.37. The fraction of sp³-hybridized carbons (Fsp3) is 0.200. The predicted octanol–water partition coefficient (Wildman–Crippen LogP) is 3.47. The Morgan fingerprint density at radius 1 is 0.880 bits per heavy atom. The largest absolute Gasteiger partial charge is 0.296 e. The Bertz CT molecular complexity index is 1040. The van der Waals surface area contributed by atoms with Crippen molar-refractivity contribution in [1.29, 1.82) is 0 Å². The first-order chi connectivity index (χ1) is 11.5. The first kappa shape index (κ1) is 19.2. The molecule has 0 aliphatic heterocycles. The van der Waals surface area contributed by atoms with Crippen LogP contribution >= 0.6 is 0 Å². The average Bonchev–Trinajstić information content (AvgIpc) is 2.51. The molecule has 2 aromatic rings. The average molecular weight is 384 g/mol. The summed E-state index contributed by atoms with van der Waals surface area (Å²) in [5.41, 5.74) is 2.17. The second-order valence-corrected chi connectivity index (χ2v) is 8.07. The maximum Gasteiger partial charge on any atom is 0.296 e. The molecule has 0 radical (unpaired) electrons. The molecule has 0 bridgehead atoms. The van der Waals surface area contributed by atoms with Gasteiger partial charge in [-0.05, 0) is 48.7 Å². The van der Waals surface area contributed by atoms with Crippen LogP contribution in [-0.2, 0) is 26.7 Å². The van der Waals surface area contributed by atoms with Crippen molar-refractivity contribution in [3.05, 3.63) is 47.5 Å². The smallest absolute Gasteiger partial charge is 0.282 e. The molecule has 0 saturated heterocycles. The van der Waals surface area contributed by atoms with Crippen LogP contribution < -0.4 is 0 Å². The number of nitrogens with zero attached hydrogens (tertiary/aromatic N) is 2. The van der Waals surface area contributed by atoms with Gasteiger partial charge in [-0.3, -0.25) is 9.11 Å². The van der Waals surface area contributed by atoms with Gasteiger partial charge in [0.25, 0.3) is 20.2 Å². The van der Waals surface area contributed by atoms with Crippen LogP contribution in [0.5, 0.6) is 0 Å². The molecule has 0 spiro atoms. The molecule has 0 fully saturated rings. The van der Waals surface area contributed by atoms with Crippen LogP contribution in [0.4, 0.5) is 11.4 Å². The van der Waals surface area contributed by atoms with E-state index in [9.17, 15) is 21.4 Å². The third kappa shape index (κ3) is 4.69. The second-order valence-electron chi connectivity index (χ2n) is 5.25. The molecule has 0 unspecified atom stereocenters. The number of benzene rings is 2. The van der Waals surface area contributed by atoms with Gasteiger partial charge in [0.2, 0.25) is 0 Å². The van der Waals surface area contributed by atoms with Crippen LogP contribution in [0.3, 0.4) is 0 Å². The third-order valence-corrected chi connectivity index (χ3v) is 5.17. The van der Waals surface area contributed by atoms with Gasteiger partial charge in [-0.2, -0.15) is 21.9 Å². The van der Waals surface area contributed by atoms with E-state index in [2.05, 4.69) is 10.2 Å². The molecule has 0 atom stereocenters. The van der Waals surface area contributed by atoms with Crippen molar-refractivity contribution >= 4 is 31.6 Å².